The molecule has 1 amide bonds. The number of amides is 1. The van der Waals surface area contributed by atoms with Crippen LogP contribution in [0.4, 0.5) is 4.79 Å². The largest absolute Gasteiger partial charge is 0.466 e. The van der Waals surface area contributed by atoms with Crippen LogP contribution in [0.2, 0.25) is 0 Å². The average Bonchev–Trinajstić information content (AvgIpc) is 2.61. The molecule has 1 N–H and O–H groups in total. The molecule has 1 atom stereocenters. The fraction of sp³-hybridized carbons (Fsp3) is 0.579. The molecule has 0 aromatic heterocycles. The zero-order chi connectivity index (χ0) is 18.3. The van der Waals surface area contributed by atoms with Crippen molar-refractivity contribution < 1.29 is 24.2 Å². The van der Waals surface area contributed by atoms with Gasteiger partial charge in [-0.25, -0.2) is 4.79 Å². The van der Waals surface area contributed by atoms with Crippen LogP contribution in [0.1, 0.15) is 38.7 Å². The Bertz CT molecular complexity index is 566. The standard InChI is InChI=1S/C19H27NO5/c1-3-24-17(21)15(2)13-19(23)9-11-20(12-10-19)18(22)25-14-16-7-5-4-6-8-16/h4-8,15,23H,3,9-14H2,1-2H3. The summed E-state index contributed by atoms with van der Waals surface area (Å²) in [6, 6.07) is 9.51. The monoisotopic (exact) mass is 349 g/mol. The maximum Gasteiger partial charge on any atom is 0.410 e. The molecule has 2 rings (SSSR count). The minimum atomic E-state index is -0.942. The van der Waals surface area contributed by atoms with Crippen LogP contribution in [0.25, 0.3) is 0 Å². The van der Waals surface area contributed by atoms with E-state index in [0.717, 1.165) is 5.56 Å². The zero-order valence-electron chi connectivity index (χ0n) is 14.9. The van der Waals surface area contributed by atoms with E-state index in [1.807, 2.05) is 30.3 Å². The van der Waals surface area contributed by atoms with Crippen molar-refractivity contribution >= 4 is 12.1 Å². The van der Waals surface area contributed by atoms with Gasteiger partial charge >= 0.3 is 12.1 Å². The van der Waals surface area contributed by atoms with Crippen molar-refractivity contribution in [2.24, 2.45) is 5.92 Å². The number of likely N-dealkylation sites (tertiary alicyclic amines) is 1. The average molecular weight is 349 g/mol. The quantitative estimate of drug-likeness (QED) is 0.799. The van der Waals surface area contributed by atoms with E-state index in [0.29, 0.717) is 39.0 Å². The minimum Gasteiger partial charge on any atom is -0.466 e. The first-order chi connectivity index (χ1) is 11.9. The zero-order valence-corrected chi connectivity index (χ0v) is 14.9. The maximum absolute atomic E-state index is 12.1. The predicted octanol–water partition coefficient (Wildman–Crippen LogP) is 2.74. The van der Waals surface area contributed by atoms with Crippen LogP contribution in [0.5, 0.6) is 0 Å². The Kier molecular flexibility index (Phi) is 6.82. The number of carbonyl (C=O) groups is 2. The molecule has 0 bridgehead atoms. The molecular weight excluding hydrogens is 322 g/mol. The molecule has 0 radical (unpaired) electrons. The highest BCUT2D eigenvalue weighted by molar-refractivity contribution is 5.72. The summed E-state index contributed by atoms with van der Waals surface area (Å²) in [7, 11) is 0. The third-order valence-electron chi connectivity index (χ3n) is 4.53. The molecule has 1 aromatic rings. The van der Waals surface area contributed by atoms with Crippen molar-refractivity contribution in [3.63, 3.8) is 0 Å². The first-order valence-electron chi connectivity index (χ1n) is 8.78. The van der Waals surface area contributed by atoms with Gasteiger partial charge in [-0.2, -0.15) is 0 Å². The molecule has 6 heteroatoms. The Morgan fingerprint density at radius 2 is 1.84 bits per heavy atom. The van der Waals surface area contributed by atoms with Crippen LogP contribution in [0.3, 0.4) is 0 Å². The summed E-state index contributed by atoms with van der Waals surface area (Å²) < 4.78 is 10.3. The van der Waals surface area contributed by atoms with Gasteiger partial charge in [0, 0.05) is 13.1 Å². The van der Waals surface area contributed by atoms with Gasteiger partial charge in [-0.1, -0.05) is 37.3 Å². The number of rotatable bonds is 6. The van der Waals surface area contributed by atoms with Gasteiger partial charge in [-0.15, -0.1) is 0 Å². The summed E-state index contributed by atoms with van der Waals surface area (Å²) in [6.45, 7) is 4.93. The van der Waals surface area contributed by atoms with Gasteiger partial charge in [-0.05, 0) is 31.7 Å². The lowest BCUT2D eigenvalue weighted by Gasteiger charge is -2.38. The van der Waals surface area contributed by atoms with Gasteiger partial charge in [-0.3, -0.25) is 4.79 Å². The number of ether oxygens (including phenoxy) is 2. The highest BCUT2D eigenvalue weighted by Crippen LogP contribution is 2.29. The number of esters is 1. The minimum absolute atomic E-state index is 0.236. The number of nitrogens with zero attached hydrogens (tertiary/aromatic N) is 1. The number of aliphatic hydroxyl groups is 1. The molecule has 1 saturated heterocycles. The summed E-state index contributed by atoms with van der Waals surface area (Å²) >= 11 is 0. The molecule has 0 aliphatic carbocycles. The Morgan fingerprint density at radius 3 is 2.44 bits per heavy atom. The topological polar surface area (TPSA) is 76.1 Å². The van der Waals surface area contributed by atoms with Crippen LogP contribution in [-0.4, -0.2) is 47.4 Å². The first kappa shape index (κ1) is 19.2. The molecule has 1 aliphatic rings. The van der Waals surface area contributed by atoms with Crippen molar-refractivity contribution in [2.75, 3.05) is 19.7 Å². The Labute approximate surface area is 148 Å². The van der Waals surface area contributed by atoms with Crippen LogP contribution in [-0.2, 0) is 20.9 Å². The van der Waals surface area contributed by atoms with E-state index >= 15 is 0 Å². The van der Waals surface area contributed by atoms with Crippen molar-refractivity contribution in [1.82, 2.24) is 4.90 Å². The van der Waals surface area contributed by atoms with Gasteiger partial charge in [0.15, 0.2) is 0 Å². The Morgan fingerprint density at radius 1 is 1.20 bits per heavy atom. The second-order valence-electron chi connectivity index (χ2n) is 6.61. The third kappa shape index (κ3) is 5.74. The number of carbonyl (C=O) groups excluding carboxylic acids is 2. The molecule has 0 saturated carbocycles. The lowest BCUT2D eigenvalue weighted by molar-refractivity contribution is -0.150. The molecule has 138 valence electrons. The summed E-state index contributed by atoms with van der Waals surface area (Å²) in [4.78, 5) is 25.5. The SMILES string of the molecule is CCOC(=O)C(C)CC1(O)CCN(C(=O)OCc2ccccc2)CC1. The van der Waals surface area contributed by atoms with Gasteiger partial charge in [0.05, 0.1) is 18.1 Å². The van der Waals surface area contributed by atoms with Crippen LogP contribution >= 0.6 is 0 Å². The summed E-state index contributed by atoms with van der Waals surface area (Å²) in [5, 5.41) is 10.7. The van der Waals surface area contributed by atoms with Gasteiger partial charge in [0.1, 0.15) is 6.61 Å². The second kappa shape index (κ2) is 8.85. The number of hydrogen-bond acceptors (Lipinski definition) is 5. The van der Waals surface area contributed by atoms with Gasteiger partial charge < -0.3 is 19.5 Å². The van der Waals surface area contributed by atoms with E-state index in [2.05, 4.69) is 0 Å². The second-order valence-corrected chi connectivity index (χ2v) is 6.61. The summed E-state index contributed by atoms with van der Waals surface area (Å²) in [6.07, 6.45) is 0.831. The Balaban J connectivity index is 1.78. The van der Waals surface area contributed by atoms with E-state index in [1.165, 1.54) is 0 Å². The molecule has 25 heavy (non-hydrogen) atoms. The molecule has 1 aromatic carbocycles. The maximum atomic E-state index is 12.1. The van der Waals surface area contributed by atoms with E-state index in [-0.39, 0.29) is 24.6 Å². The summed E-state index contributed by atoms with van der Waals surface area (Å²) in [5.41, 5.74) is -0.00446. The Hall–Kier alpha value is -2.08. The highest BCUT2D eigenvalue weighted by Gasteiger charge is 2.37. The first-order valence-corrected chi connectivity index (χ1v) is 8.78. The lowest BCUT2D eigenvalue weighted by atomic mass is 9.83. The normalized spacial score (nSPS) is 17.6. The van der Waals surface area contributed by atoms with Crippen LogP contribution < -0.4 is 0 Å². The molecule has 1 aliphatic heterocycles. The van der Waals surface area contributed by atoms with Crippen molar-refractivity contribution in [1.29, 1.82) is 0 Å². The smallest absolute Gasteiger partial charge is 0.410 e. The number of benzene rings is 1. The fourth-order valence-corrected chi connectivity index (χ4v) is 3.06. The van der Waals surface area contributed by atoms with Crippen molar-refractivity contribution in [2.45, 2.75) is 45.3 Å². The van der Waals surface area contributed by atoms with Gasteiger partial charge in [0.25, 0.3) is 0 Å². The summed E-state index contributed by atoms with van der Waals surface area (Å²) in [5.74, 6) is -0.651. The molecule has 6 nitrogen and oxygen atoms in total. The molecule has 0 spiro atoms. The molecular formula is C19H27NO5. The van der Waals surface area contributed by atoms with E-state index < -0.39 is 5.60 Å². The fourth-order valence-electron chi connectivity index (χ4n) is 3.06. The molecule has 1 unspecified atom stereocenters. The molecule has 1 heterocycles. The van der Waals surface area contributed by atoms with Gasteiger partial charge in [0.2, 0.25) is 0 Å². The van der Waals surface area contributed by atoms with Crippen molar-refractivity contribution in [3.8, 4) is 0 Å². The third-order valence-corrected chi connectivity index (χ3v) is 4.53. The molecule has 1 fully saturated rings. The highest BCUT2D eigenvalue weighted by atomic mass is 16.6. The van der Waals surface area contributed by atoms with E-state index in [1.54, 1.807) is 18.7 Å². The van der Waals surface area contributed by atoms with Crippen molar-refractivity contribution in [3.05, 3.63) is 35.9 Å². The van der Waals surface area contributed by atoms with Crippen LogP contribution in [0, 0.1) is 5.92 Å². The van der Waals surface area contributed by atoms with E-state index in [4.69, 9.17) is 9.47 Å². The number of hydrogen-bond donors (Lipinski definition) is 1. The predicted molar refractivity (Wildman–Crippen MR) is 92.8 cm³/mol. The van der Waals surface area contributed by atoms with E-state index in [9.17, 15) is 14.7 Å². The van der Waals surface area contributed by atoms with Crippen LogP contribution in [0.15, 0.2) is 30.3 Å². The lowest BCUT2D eigenvalue weighted by Crippen LogP contribution is -2.48. The number of piperidine rings is 1.